The van der Waals surface area contributed by atoms with E-state index in [9.17, 15) is 9.90 Å². The summed E-state index contributed by atoms with van der Waals surface area (Å²) in [7, 11) is 0. The van der Waals surface area contributed by atoms with Gasteiger partial charge in [-0.25, -0.2) is 9.78 Å². The van der Waals surface area contributed by atoms with Gasteiger partial charge in [0.05, 0.1) is 6.10 Å². The van der Waals surface area contributed by atoms with Gasteiger partial charge in [0, 0.05) is 12.3 Å². The number of rotatable bonds is 3. The largest absolute Gasteiger partial charge is 0.503 e. The summed E-state index contributed by atoms with van der Waals surface area (Å²) in [6.07, 6.45) is 6.74. The van der Waals surface area contributed by atoms with Crippen LogP contribution >= 0.6 is 0 Å². The standard InChI is InChI=1S/C12H15NO4/c14-11-9(6-7-13-10(11)12(15)16)17-8-4-2-1-3-5-8/h6-8,14H,1-5H2,(H,15,16). The van der Waals surface area contributed by atoms with Gasteiger partial charge in [0.1, 0.15) is 0 Å². The molecule has 1 aliphatic carbocycles. The molecule has 1 aromatic rings. The maximum Gasteiger partial charge on any atom is 0.358 e. The lowest BCUT2D eigenvalue weighted by Gasteiger charge is -2.23. The van der Waals surface area contributed by atoms with E-state index in [0.717, 1.165) is 25.7 Å². The number of carbonyl (C=O) groups is 1. The van der Waals surface area contributed by atoms with E-state index < -0.39 is 5.97 Å². The van der Waals surface area contributed by atoms with Crippen LogP contribution in [0.1, 0.15) is 42.6 Å². The van der Waals surface area contributed by atoms with Crippen molar-refractivity contribution in [2.45, 2.75) is 38.2 Å². The number of ether oxygens (including phenoxy) is 1. The van der Waals surface area contributed by atoms with Crippen LogP contribution in [0.25, 0.3) is 0 Å². The van der Waals surface area contributed by atoms with Crippen LogP contribution in [0.3, 0.4) is 0 Å². The first-order valence-corrected chi connectivity index (χ1v) is 5.76. The smallest absolute Gasteiger partial charge is 0.358 e. The molecule has 1 heterocycles. The molecule has 92 valence electrons. The third kappa shape index (κ3) is 2.67. The van der Waals surface area contributed by atoms with Gasteiger partial charge in [0.2, 0.25) is 0 Å². The van der Waals surface area contributed by atoms with Gasteiger partial charge in [0.15, 0.2) is 17.2 Å². The summed E-state index contributed by atoms with van der Waals surface area (Å²) in [5, 5.41) is 18.5. The Kier molecular flexibility index (Phi) is 3.46. The molecule has 17 heavy (non-hydrogen) atoms. The van der Waals surface area contributed by atoms with Crippen LogP contribution in [0.2, 0.25) is 0 Å². The Morgan fingerprint density at radius 1 is 1.35 bits per heavy atom. The summed E-state index contributed by atoms with van der Waals surface area (Å²) in [4.78, 5) is 14.4. The van der Waals surface area contributed by atoms with Crippen molar-refractivity contribution in [1.29, 1.82) is 0 Å². The summed E-state index contributed by atoms with van der Waals surface area (Å²) in [6.45, 7) is 0. The predicted octanol–water partition coefficient (Wildman–Crippen LogP) is 2.20. The van der Waals surface area contributed by atoms with Gasteiger partial charge in [0.25, 0.3) is 0 Å². The highest BCUT2D eigenvalue weighted by atomic mass is 16.5. The fourth-order valence-corrected chi connectivity index (χ4v) is 2.05. The minimum Gasteiger partial charge on any atom is -0.503 e. The topological polar surface area (TPSA) is 79.7 Å². The number of carboxylic acid groups (broad SMARTS) is 1. The molecule has 2 N–H and O–H groups in total. The average molecular weight is 237 g/mol. The number of pyridine rings is 1. The number of aromatic hydroxyl groups is 1. The van der Waals surface area contributed by atoms with Crippen LogP contribution in [0.5, 0.6) is 11.5 Å². The van der Waals surface area contributed by atoms with E-state index in [2.05, 4.69) is 4.98 Å². The lowest BCUT2D eigenvalue weighted by Crippen LogP contribution is -2.20. The van der Waals surface area contributed by atoms with Crippen LogP contribution in [0.15, 0.2) is 12.3 Å². The molecule has 5 nitrogen and oxygen atoms in total. The number of nitrogens with zero attached hydrogens (tertiary/aromatic N) is 1. The van der Waals surface area contributed by atoms with Crippen LogP contribution in [0, 0.1) is 0 Å². The second-order valence-electron chi connectivity index (χ2n) is 4.19. The van der Waals surface area contributed by atoms with Crippen molar-refractivity contribution in [2.24, 2.45) is 0 Å². The van der Waals surface area contributed by atoms with E-state index in [4.69, 9.17) is 9.84 Å². The van der Waals surface area contributed by atoms with Gasteiger partial charge in [-0.2, -0.15) is 0 Å². The normalized spacial score (nSPS) is 16.7. The number of aromatic nitrogens is 1. The molecule has 1 aromatic heterocycles. The molecule has 2 rings (SSSR count). The maximum atomic E-state index is 10.8. The molecule has 1 aliphatic rings. The third-order valence-electron chi connectivity index (χ3n) is 2.94. The highest BCUT2D eigenvalue weighted by Gasteiger charge is 2.20. The van der Waals surface area contributed by atoms with Gasteiger partial charge in [-0.05, 0) is 25.7 Å². The first kappa shape index (κ1) is 11.7. The van der Waals surface area contributed by atoms with Crippen molar-refractivity contribution in [3.05, 3.63) is 18.0 Å². The molecule has 0 bridgehead atoms. The van der Waals surface area contributed by atoms with Gasteiger partial charge < -0.3 is 14.9 Å². The number of hydrogen-bond donors (Lipinski definition) is 2. The average Bonchev–Trinajstić information content (AvgIpc) is 2.33. The Bertz CT molecular complexity index is 413. The fraction of sp³-hybridized carbons (Fsp3) is 0.500. The van der Waals surface area contributed by atoms with Gasteiger partial charge in [-0.1, -0.05) is 6.42 Å². The zero-order valence-electron chi connectivity index (χ0n) is 9.43. The van der Waals surface area contributed by atoms with Crippen molar-refractivity contribution >= 4 is 5.97 Å². The number of hydrogen-bond acceptors (Lipinski definition) is 4. The van der Waals surface area contributed by atoms with E-state index in [1.165, 1.54) is 18.7 Å². The molecule has 1 fully saturated rings. The van der Waals surface area contributed by atoms with Gasteiger partial charge in [-0.15, -0.1) is 0 Å². The summed E-state index contributed by atoms with van der Waals surface area (Å²) in [5.74, 6) is -1.42. The van der Waals surface area contributed by atoms with Crippen LogP contribution in [-0.2, 0) is 0 Å². The monoisotopic (exact) mass is 237 g/mol. The van der Waals surface area contributed by atoms with Crippen molar-refractivity contribution in [3.8, 4) is 11.5 Å². The highest BCUT2D eigenvalue weighted by molar-refractivity contribution is 5.89. The molecule has 5 heteroatoms. The summed E-state index contributed by atoms with van der Waals surface area (Å²) in [5.41, 5.74) is -0.363. The Hall–Kier alpha value is -1.78. The Morgan fingerprint density at radius 3 is 2.71 bits per heavy atom. The quantitative estimate of drug-likeness (QED) is 0.842. The zero-order valence-corrected chi connectivity index (χ0v) is 9.43. The minimum atomic E-state index is -1.25. The molecule has 0 saturated heterocycles. The molecule has 0 unspecified atom stereocenters. The molecule has 1 saturated carbocycles. The first-order valence-electron chi connectivity index (χ1n) is 5.76. The van der Waals surface area contributed by atoms with Crippen LogP contribution in [-0.4, -0.2) is 27.3 Å². The molecule has 0 aliphatic heterocycles. The summed E-state index contributed by atoms with van der Waals surface area (Å²) >= 11 is 0. The maximum absolute atomic E-state index is 10.8. The molecule has 0 radical (unpaired) electrons. The number of carboxylic acids is 1. The summed E-state index contributed by atoms with van der Waals surface area (Å²) in [6, 6.07) is 1.50. The van der Waals surface area contributed by atoms with Crippen molar-refractivity contribution in [1.82, 2.24) is 4.98 Å². The summed E-state index contributed by atoms with van der Waals surface area (Å²) < 4.78 is 5.62. The predicted molar refractivity (Wildman–Crippen MR) is 60.4 cm³/mol. The second kappa shape index (κ2) is 5.03. The fourth-order valence-electron chi connectivity index (χ4n) is 2.05. The van der Waals surface area contributed by atoms with Crippen LogP contribution < -0.4 is 4.74 Å². The van der Waals surface area contributed by atoms with Crippen LogP contribution in [0.4, 0.5) is 0 Å². The van der Waals surface area contributed by atoms with E-state index in [0.29, 0.717) is 0 Å². The third-order valence-corrected chi connectivity index (χ3v) is 2.94. The zero-order chi connectivity index (χ0) is 12.3. The Labute approximate surface area is 99.1 Å². The van der Waals surface area contributed by atoms with Crippen molar-refractivity contribution in [2.75, 3.05) is 0 Å². The second-order valence-corrected chi connectivity index (χ2v) is 4.19. The van der Waals surface area contributed by atoms with Gasteiger partial charge >= 0.3 is 5.97 Å². The first-order chi connectivity index (χ1) is 8.18. The van der Waals surface area contributed by atoms with E-state index in [1.54, 1.807) is 0 Å². The van der Waals surface area contributed by atoms with E-state index in [1.807, 2.05) is 0 Å². The lowest BCUT2D eigenvalue weighted by atomic mass is 9.98. The molecule has 0 amide bonds. The SMILES string of the molecule is O=C(O)c1nccc(OC2CCCCC2)c1O. The molecular weight excluding hydrogens is 222 g/mol. The Balaban J connectivity index is 2.15. The van der Waals surface area contributed by atoms with E-state index in [-0.39, 0.29) is 23.3 Å². The minimum absolute atomic E-state index is 0.0682. The van der Waals surface area contributed by atoms with Crippen molar-refractivity contribution < 1.29 is 19.7 Å². The molecular formula is C12H15NO4. The van der Waals surface area contributed by atoms with E-state index >= 15 is 0 Å². The van der Waals surface area contributed by atoms with Gasteiger partial charge in [-0.3, -0.25) is 0 Å². The number of aromatic carboxylic acids is 1. The lowest BCUT2D eigenvalue weighted by molar-refractivity contribution is 0.0684. The Morgan fingerprint density at radius 2 is 2.06 bits per heavy atom. The molecule has 0 spiro atoms. The molecule has 0 aromatic carbocycles. The molecule has 0 atom stereocenters. The highest BCUT2D eigenvalue weighted by Crippen LogP contribution is 2.31. The van der Waals surface area contributed by atoms with Crippen molar-refractivity contribution in [3.63, 3.8) is 0 Å².